The molecule has 1 aliphatic rings. The van der Waals surface area contributed by atoms with Crippen LogP contribution in [-0.2, 0) is 31.2 Å². The molecular formula is C29H35N5O4S. The lowest BCUT2D eigenvalue weighted by Crippen LogP contribution is -2.60. The van der Waals surface area contributed by atoms with E-state index < -0.39 is 23.1 Å². The van der Waals surface area contributed by atoms with Crippen LogP contribution in [-0.4, -0.2) is 51.1 Å². The smallest absolute Gasteiger partial charge is 0.272 e. The molecule has 4 rings (SSSR count). The summed E-state index contributed by atoms with van der Waals surface area (Å²) in [6, 6.07) is 13.1. The van der Waals surface area contributed by atoms with Crippen molar-refractivity contribution < 1.29 is 19.2 Å². The van der Waals surface area contributed by atoms with E-state index in [4.69, 9.17) is 27.5 Å². The van der Waals surface area contributed by atoms with Crippen LogP contribution in [0.5, 0.6) is 0 Å². The number of oxime groups is 1. The number of nitrogens with two attached hydrogens (primary N) is 1. The van der Waals surface area contributed by atoms with Gasteiger partial charge in [0.25, 0.3) is 5.91 Å². The predicted molar refractivity (Wildman–Crippen MR) is 154 cm³/mol. The Morgan fingerprint density at radius 3 is 2.64 bits per heavy atom. The molecule has 0 bridgehead atoms. The molecule has 9 nitrogen and oxygen atoms in total. The van der Waals surface area contributed by atoms with E-state index in [0.717, 1.165) is 17.2 Å². The summed E-state index contributed by atoms with van der Waals surface area (Å²) in [4.78, 5) is 40.7. The fraction of sp³-hybridized carbons (Fsp3) is 0.414. The number of ketones is 1. The predicted octanol–water partition coefficient (Wildman–Crippen LogP) is 3.96. The molecule has 0 aliphatic carbocycles. The van der Waals surface area contributed by atoms with E-state index in [1.165, 1.54) is 13.4 Å². The summed E-state index contributed by atoms with van der Waals surface area (Å²) >= 11 is 5.38. The number of hydrogen-bond donors (Lipinski definition) is 3. The van der Waals surface area contributed by atoms with Gasteiger partial charge in [-0.25, -0.2) is 4.98 Å². The maximum atomic E-state index is 14.1. The molecule has 1 unspecified atom stereocenters. The molecule has 0 spiro atoms. The highest BCUT2D eigenvalue weighted by molar-refractivity contribution is 7.80. The van der Waals surface area contributed by atoms with Crippen LogP contribution < -0.4 is 11.1 Å². The van der Waals surface area contributed by atoms with Gasteiger partial charge >= 0.3 is 0 Å². The number of nitrogens with one attached hydrogen (secondary N) is 2. The minimum atomic E-state index is -1.55. The van der Waals surface area contributed by atoms with Crippen molar-refractivity contribution in [2.45, 2.75) is 63.6 Å². The first kappa shape index (κ1) is 28.4. The van der Waals surface area contributed by atoms with Crippen LogP contribution in [0.4, 0.5) is 0 Å². The number of hydrogen-bond acceptors (Lipinski definition) is 8. The highest BCUT2D eigenvalue weighted by Crippen LogP contribution is 2.40. The SMILES string of the molecule is CCC[C@H](NC(=O)C1(c2ccc3ccccc3c2)CC([C@](N)(C(=O)Cc2cnc[nH]2)C(C)C)=NO1)C(=S)OC. The number of carbonyl (C=O) groups is 2. The summed E-state index contributed by atoms with van der Waals surface area (Å²) in [5.41, 5.74) is 5.39. The molecule has 0 saturated carbocycles. The van der Waals surface area contributed by atoms with E-state index in [2.05, 4.69) is 20.4 Å². The van der Waals surface area contributed by atoms with Crippen LogP contribution in [0.1, 0.15) is 51.3 Å². The zero-order chi connectivity index (χ0) is 28.2. The third-order valence-corrected chi connectivity index (χ3v) is 7.89. The number of Topliss-reactive ketones (excluding diaryl/α,β-unsaturated/α-hetero) is 1. The Morgan fingerprint density at radius 2 is 2.00 bits per heavy atom. The number of aromatic amines is 1. The first-order valence-corrected chi connectivity index (χ1v) is 13.5. The number of amides is 1. The summed E-state index contributed by atoms with van der Waals surface area (Å²) in [6.45, 7) is 5.72. The average molecular weight is 550 g/mol. The topological polar surface area (TPSA) is 132 Å². The average Bonchev–Trinajstić information content (AvgIpc) is 3.62. The fourth-order valence-corrected chi connectivity index (χ4v) is 5.15. The number of nitrogens with zero attached hydrogens (tertiary/aromatic N) is 2. The molecule has 206 valence electrons. The molecule has 4 N–H and O–H groups in total. The van der Waals surface area contributed by atoms with E-state index in [1.807, 2.05) is 63.2 Å². The van der Waals surface area contributed by atoms with Gasteiger partial charge in [-0.05, 0) is 41.4 Å². The molecule has 1 aliphatic heterocycles. The second-order valence-electron chi connectivity index (χ2n) is 10.2. The summed E-state index contributed by atoms with van der Waals surface area (Å²) < 4.78 is 5.29. The van der Waals surface area contributed by atoms with Gasteiger partial charge in [0.05, 0.1) is 31.6 Å². The first-order valence-electron chi connectivity index (χ1n) is 13.1. The van der Waals surface area contributed by atoms with Crippen molar-refractivity contribution in [3.8, 4) is 0 Å². The summed E-state index contributed by atoms with van der Waals surface area (Å²) in [6.07, 6.45) is 4.52. The van der Waals surface area contributed by atoms with Gasteiger partial charge in [-0.2, -0.15) is 0 Å². The summed E-state index contributed by atoms with van der Waals surface area (Å²) in [5, 5.41) is 9.61. The Hall–Kier alpha value is -3.63. The number of H-pyrrole nitrogens is 1. The highest BCUT2D eigenvalue weighted by Gasteiger charge is 2.55. The van der Waals surface area contributed by atoms with Gasteiger partial charge < -0.3 is 25.6 Å². The number of thiocarbonyl (C=S) groups is 1. The minimum Gasteiger partial charge on any atom is -0.488 e. The van der Waals surface area contributed by atoms with Crippen molar-refractivity contribution in [2.24, 2.45) is 16.8 Å². The lowest BCUT2D eigenvalue weighted by Gasteiger charge is -2.33. The summed E-state index contributed by atoms with van der Waals surface area (Å²) in [7, 11) is 1.49. The van der Waals surface area contributed by atoms with E-state index in [9.17, 15) is 9.59 Å². The highest BCUT2D eigenvalue weighted by atomic mass is 32.1. The number of fused-ring (bicyclic) bond motifs is 1. The lowest BCUT2D eigenvalue weighted by molar-refractivity contribution is -0.145. The Kier molecular flexibility index (Phi) is 8.46. The van der Waals surface area contributed by atoms with Crippen molar-refractivity contribution in [2.75, 3.05) is 7.11 Å². The zero-order valence-corrected chi connectivity index (χ0v) is 23.5. The third-order valence-electron chi connectivity index (χ3n) is 7.43. The van der Waals surface area contributed by atoms with E-state index in [1.54, 1.807) is 6.20 Å². The number of imidazole rings is 1. The second-order valence-corrected chi connectivity index (χ2v) is 10.6. The standard InChI is InChI=1S/C29H35N5O4S/c1-5-8-23(26(39)37-4)33-27(36)28(21-12-11-19-9-6-7-10-20(19)13-21)15-24(34-38-28)29(30,18(2)3)25(35)14-22-16-31-17-32-22/h6-7,9-13,16-18,23H,5,8,14-15,30H2,1-4H3,(H,31,32)(H,33,36)/t23-,28?,29-/m0/s1. The fourth-order valence-electron chi connectivity index (χ4n) is 4.97. The Balaban J connectivity index is 1.74. The first-order chi connectivity index (χ1) is 18.7. The Morgan fingerprint density at radius 1 is 1.26 bits per heavy atom. The monoisotopic (exact) mass is 549 g/mol. The van der Waals surface area contributed by atoms with Crippen LogP contribution in [0.2, 0.25) is 0 Å². The molecule has 1 aromatic heterocycles. The Bertz CT molecular complexity index is 1390. The molecule has 0 saturated heterocycles. The van der Waals surface area contributed by atoms with Gasteiger partial charge in [0.1, 0.15) is 5.54 Å². The largest absolute Gasteiger partial charge is 0.488 e. The van der Waals surface area contributed by atoms with Crippen molar-refractivity contribution in [1.29, 1.82) is 0 Å². The molecule has 1 amide bonds. The summed E-state index contributed by atoms with van der Waals surface area (Å²) in [5.74, 6) is -0.996. The number of rotatable bonds is 11. The molecule has 39 heavy (non-hydrogen) atoms. The maximum Gasteiger partial charge on any atom is 0.272 e. The van der Waals surface area contributed by atoms with Gasteiger partial charge in [-0.15, -0.1) is 0 Å². The van der Waals surface area contributed by atoms with Crippen molar-refractivity contribution >= 4 is 45.4 Å². The quantitative estimate of drug-likeness (QED) is 0.309. The third kappa shape index (κ3) is 5.44. The lowest BCUT2D eigenvalue weighted by atomic mass is 9.73. The molecular weight excluding hydrogens is 514 g/mol. The number of benzene rings is 2. The number of methoxy groups -OCH3 is 1. The maximum absolute atomic E-state index is 14.1. The van der Waals surface area contributed by atoms with E-state index in [-0.39, 0.29) is 29.6 Å². The minimum absolute atomic E-state index is 0.000835. The molecule has 3 aromatic rings. The number of carbonyl (C=O) groups excluding carboxylic acids is 2. The van der Waals surface area contributed by atoms with Crippen molar-refractivity contribution in [1.82, 2.24) is 15.3 Å². The van der Waals surface area contributed by atoms with Crippen LogP contribution in [0.3, 0.4) is 0 Å². The van der Waals surface area contributed by atoms with Crippen LogP contribution in [0.25, 0.3) is 10.8 Å². The van der Waals surface area contributed by atoms with Crippen LogP contribution >= 0.6 is 12.2 Å². The van der Waals surface area contributed by atoms with Crippen LogP contribution in [0, 0.1) is 5.92 Å². The van der Waals surface area contributed by atoms with Gasteiger partial charge in [-0.3, -0.25) is 9.59 Å². The van der Waals surface area contributed by atoms with Crippen molar-refractivity contribution in [3.05, 3.63) is 66.2 Å². The molecule has 10 heteroatoms. The van der Waals surface area contributed by atoms with Gasteiger partial charge in [0, 0.05) is 23.9 Å². The number of aromatic nitrogens is 2. The van der Waals surface area contributed by atoms with Gasteiger partial charge in [-0.1, -0.05) is 68.7 Å². The molecule has 0 fully saturated rings. The molecule has 2 aromatic carbocycles. The van der Waals surface area contributed by atoms with Crippen molar-refractivity contribution in [3.63, 3.8) is 0 Å². The number of ether oxygens (including phenoxy) is 1. The second kappa shape index (κ2) is 11.6. The molecule has 0 radical (unpaired) electrons. The van der Waals surface area contributed by atoms with E-state index in [0.29, 0.717) is 23.4 Å². The van der Waals surface area contributed by atoms with E-state index >= 15 is 0 Å². The normalized spacial score (nSPS) is 19.2. The molecule has 2 heterocycles. The zero-order valence-electron chi connectivity index (χ0n) is 22.7. The molecule has 3 atom stereocenters. The van der Waals surface area contributed by atoms with Gasteiger partial charge in [0.15, 0.2) is 10.8 Å². The van der Waals surface area contributed by atoms with Gasteiger partial charge in [0.2, 0.25) is 5.60 Å². The van der Waals surface area contributed by atoms with Crippen LogP contribution in [0.15, 0.2) is 60.1 Å². The Labute approximate surface area is 233 Å².